The van der Waals surface area contributed by atoms with Crippen molar-refractivity contribution >= 4 is 66.4 Å². The van der Waals surface area contributed by atoms with Gasteiger partial charge in [-0.3, -0.25) is 4.79 Å². The van der Waals surface area contributed by atoms with E-state index in [2.05, 4.69) is 37.2 Å². The lowest BCUT2D eigenvalue weighted by Crippen LogP contribution is -2.10. The topological polar surface area (TPSA) is 29.1 Å². The third-order valence-corrected chi connectivity index (χ3v) is 4.42. The van der Waals surface area contributed by atoms with E-state index in [1.54, 1.807) is 18.2 Å². The number of hydrogen-bond donors (Lipinski definition) is 1. The molecule has 0 aliphatic carbocycles. The number of anilines is 1. The smallest absolute Gasteiger partial charge is 0.265 e. The van der Waals surface area contributed by atoms with Crippen molar-refractivity contribution in [2.75, 3.05) is 5.32 Å². The van der Waals surface area contributed by atoms with Crippen molar-refractivity contribution in [2.45, 2.75) is 0 Å². The number of benzene rings is 1. The largest absolute Gasteiger partial charge is 0.320 e. The van der Waals surface area contributed by atoms with Crippen molar-refractivity contribution in [3.63, 3.8) is 0 Å². The second kappa shape index (κ2) is 5.52. The summed E-state index contributed by atoms with van der Waals surface area (Å²) in [6, 6.07) is 8.91. The van der Waals surface area contributed by atoms with E-state index < -0.39 is 0 Å². The molecule has 2 nitrogen and oxygen atoms in total. The van der Waals surface area contributed by atoms with E-state index in [9.17, 15) is 4.79 Å². The van der Waals surface area contributed by atoms with Gasteiger partial charge < -0.3 is 5.32 Å². The van der Waals surface area contributed by atoms with Crippen LogP contribution in [0.1, 0.15) is 9.67 Å². The van der Waals surface area contributed by atoms with E-state index in [0.29, 0.717) is 15.6 Å². The molecule has 1 aromatic carbocycles. The van der Waals surface area contributed by atoms with Crippen LogP contribution in [0.4, 0.5) is 5.69 Å². The van der Waals surface area contributed by atoms with Gasteiger partial charge in [0.25, 0.3) is 5.91 Å². The van der Waals surface area contributed by atoms with Crippen LogP contribution in [0.15, 0.2) is 38.6 Å². The van der Waals surface area contributed by atoms with Gasteiger partial charge in [0, 0.05) is 4.47 Å². The molecular formula is C11H6Br2ClNOS. The quantitative estimate of drug-likeness (QED) is 0.746. The number of nitrogens with one attached hydrogen (secondary N) is 1. The summed E-state index contributed by atoms with van der Waals surface area (Å²) in [4.78, 5) is 12.5. The summed E-state index contributed by atoms with van der Waals surface area (Å²) in [5, 5.41) is 3.28. The molecule has 2 rings (SSSR count). The molecule has 0 atom stereocenters. The number of hydrogen-bond acceptors (Lipinski definition) is 2. The second-order valence-corrected chi connectivity index (χ2v) is 6.97. The molecule has 0 radical (unpaired) electrons. The lowest BCUT2D eigenvalue weighted by Gasteiger charge is -2.06. The molecule has 0 saturated carbocycles. The minimum Gasteiger partial charge on any atom is -0.320 e. The average molecular weight is 396 g/mol. The Labute approximate surface area is 124 Å². The number of halogens is 3. The van der Waals surface area contributed by atoms with Gasteiger partial charge in [0.15, 0.2) is 0 Å². The Kier molecular flexibility index (Phi) is 4.25. The minimum absolute atomic E-state index is 0.166. The van der Waals surface area contributed by atoms with E-state index in [-0.39, 0.29) is 5.91 Å². The highest BCUT2D eigenvalue weighted by atomic mass is 79.9. The highest BCUT2D eigenvalue weighted by molar-refractivity contribution is 9.11. The molecule has 0 bridgehead atoms. The van der Waals surface area contributed by atoms with E-state index in [4.69, 9.17) is 11.6 Å². The second-order valence-electron chi connectivity index (χ2n) is 3.18. The van der Waals surface area contributed by atoms with Gasteiger partial charge in [-0.2, -0.15) is 0 Å². The zero-order chi connectivity index (χ0) is 12.4. The molecule has 2 aromatic rings. The maximum atomic E-state index is 11.9. The molecule has 1 aromatic heterocycles. The number of carbonyl (C=O) groups is 1. The van der Waals surface area contributed by atoms with Crippen molar-refractivity contribution < 1.29 is 4.79 Å². The molecule has 17 heavy (non-hydrogen) atoms. The van der Waals surface area contributed by atoms with Crippen molar-refractivity contribution in [3.05, 3.63) is 48.5 Å². The van der Waals surface area contributed by atoms with Crippen LogP contribution in [0, 0.1) is 0 Å². The standard InChI is InChI=1S/C11H6Br2ClNOS/c12-6-1-2-7(14)8(5-6)15-11(16)9-3-4-10(13)17-9/h1-5H,(H,15,16). The first kappa shape index (κ1) is 13.1. The fraction of sp³-hybridized carbons (Fsp3) is 0. The lowest BCUT2D eigenvalue weighted by molar-refractivity contribution is 0.103. The molecule has 6 heteroatoms. The number of thiophene rings is 1. The Morgan fingerprint density at radius 3 is 2.65 bits per heavy atom. The molecular weight excluding hydrogens is 389 g/mol. The molecule has 0 unspecified atom stereocenters. The van der Waals surface area contributed by atoms with Crippen molar-refractivity contribution in [2.24, 2.45) is 0 Å². The Morgan fingerprint density at radius 2 is 2.00 bits per heavy atom. The Bertz CT molecular complexity index is 570. The van der Waals surface area contributed by atoms with Crippen LogP contribution < -0.4 is 5.32 Å². The first-order valence-corrected chi connectivity index (χ1v) is 7.36. The van der Waals surface area contributed by atoms with Crippen molar-refractivity contribution in [3.8, 4) is 0 Å². The minimum atomic E-state index is -0.166. The van der Waals surface area contributed by atoms with Crippen LogP contribution in [0.2, 0.25) is 5.02 Å². The molecule has 1 N–H and O–H groups in total. The van der Waals surface area contributed by atoms with Gasteiger partial charge in [-0.15, -0.1) is 11.3 Å². The van der Waals surface area contributed by atoms with Gasteiger partial charge in [0.05, 0.1) is 19.4 Å². The van der Waals surface area contributed by atoms with Gasteiger partial charge >= 0.3 is 0 Å². The monoisotopic (exact) mass is 393 g/mol. The van der Waals surface area contributed by atoms with Crippen molar-refractivity contribution in [1.29, 1.82) is 0 Å². The van der Waals surface area contributed by atoms with Crippen LogP contribution in [0.5, 0.6) is 0 Å². The highest BCUT2D eigenvalue weighted by Crippen LogP contribution is 2.28. The first-order chi connectivity index (χ1) is 8.06. The maximum Gasteiger partial charge on any atom is 0.265 e. The van der Waals surface area contributed by atoms with E-state index >= 15 is 0 Å². The summed E-state index contributed by atoms with van der Waals surface area (Å²) >= 11 is 14.0. The van der Waals surface area contributed by atoms with Gasteiger partial charge in [0.2, 0.25) is 0 Å². The highest BCUT2D eigenvalue weighted by Gasteiger charge is 2.10. The van der Waals surface area contributed by atoms with Crippen LogP contribution in [0.3, 0.4) is 0 Å². The predicted octanol–water partition coefficient (Wildman–Crippen LogP) is 5.18. The summed E-state index contributed by atoms with van der Waals surface area (Å²) in [6.07, 6.45) is 0. The van der Waals surface area contributed by atoms with Crippen molar-refractivity contribution in [1.82, 2.24) is 0 Å². The summed E-state index contributed by atoms with van der Waals surface area (Å²) in [6.45, 7) is 0. The number of amides is 1. The fourth-order valence-corrected chi connectivity index (χ4v) is 3.02. The zero-order valence-electron chi connectivity index (χ0n) is 8.34. The molecule has 0 fully saturated rings. The molecule has 0 spiro atoms. The molecule has 0 aliphatic heterocycles. The fourth-order valence-electron chi connectivity index (χ4n) is 1.21. The molecule has 88 valence electrons. The third-order valence-electron chi connectivity index (χ3n) is 1.97. The summed E-state index contributed by atoms with van der Waals surface area (Å²) in [5.74, 6) is -0.166. The number of rotatable bonds is 2. The van der Waals surface area contributed by atoms with Gasteiger partial charge in [-0.05, 0) is 46.3 Å². The lowest BCUT2D eigenvalue weighted by atomic mass is 10.3. The van der Waals surface area contributed by atoms with Crippen LogP contribution >= 0.6 is 54.8 Å². The van der Waals surface area contributed by atoms with Crippen LogP contribution in [-0.4, -0.2) is 5.91 Å². The van der Waals surface area contributed by atoms with E-state index in [0.717, 1.165) is 8.26 Å². The normalized spacial score (nSPS) is 10.3. The molecule has 1 amide bonds. The third kappa shape index (κ3) is 3.31. The molecule has 1 heterocycles. The Balaban J connectivity index is 2.21. The zero-order valence-corrected chi connectivity index (χ0v) is 13.1. The average Bonchev–Trinajstić information content (AvgIpc) is 2.70. The summed E-state index contributed by atoms with van der Waals surface area (Å²) in [7, 11) is 0. The Hall–Kier alpha value is -0.360. The van der Waals surface area contributed by atoms with Gasteiger partial charge in [-0.25, -0.2) is 0 Å². The van der Waals surface area contributed by atoms with E-state index in [1.807, 2.05) is 12.1 Å². The SMILES string of the molecule is O=C(Nc1cc(Br)ccc1Cl)c1ccc(Br)s1. The van der Waals surface area contributed by atoms with E-state index in [1.165, 1.54) is 11.3 Å². The number of carbonyl (C=O) groups excluding carboxylic acids is 1. The van der Waals surface area contributed by atoms with Gasteiger partial charge in [-0.1, -0.05) is 27.5 Å². The maximum absolute atomic E-state index is 11.9. The summed E-state index contributed by atoms with van der Waals surface area (Å²) < 4.78 is 1.78. The molecule has 0 saturated heterocycles. The van der Waals surface area contributed by atoms with Crippen LogP contribution in [-0.2, 0) is 0 Å². The molecule has 0 aliphatic rings. The first-order valence-electron chi connectivity index (χ1n) is 4.58. The summed E-state index contributed by atoms with van der Waals surface area (Å²) in [5.41, 5.74) is 0.593. The predicted molar refractivity (Wildman–Crippen MR) is 79.1 cm³/mol. The van der Waals surface area contributed by atoms with Gasteiger partial charge in [0.1, 0.15) is 0 Å². The Morgan fingerprint density at radius 1 is 1.24 bits per heavy atom. The van der Waals surface area contributed by atoms with Crippen LogP contribution in [0.25, 0.3) is 0 Å².